The molecule has 0 spiro atoms. The molecule has 3 nitrogen and oxygen atoms in total. The van der Waals surface area contributed by atoms with Crippen molar-refractivity contribution in [1.29, 1.82) is 0 Å². The summed E-state index contributed by atoms with van der Waals surface area (Å²) in [6, 6.07) is 10.2. The van der Waals surface area contributed by atoms with Gasteiger partial charge in [0, 0.05) is 35.7 Å². The second-order valence-corrected chi connectivity index (χ2v) is 7.19. The smallest absolute Gasteiger partial charge is 0.0672 e. The van der Waals surface area contributed by atoms with Gasteiger partial charge in [0.25, 0.3) is 0 Å². The third-order valence-corrected chi connectivity index (χ3v) is 6.21. The Morgan fingerprint density at radius 3 is 2.95 bits per heavy atom. The molecule has 22 heavy (non-hydrogen) atoms. The second kappa shape index (κ2) is 4.84. The van der Waals surface area contributed by atoms with E-state index >= 15 is 0 Å². The van der Waals surface area contributed by atoms with Gasteiger partial charge in [0.15, 0.2) is 0 Å². The van der Waals surface area contributed by atoms with Crippen LogP contribution in [0.15, 0.2) is 24.3 Å². The molecule has 1 aromatic carbocycles. The maximum atomic E-state index is 3.80. The van der Waals surface area contributed by atoms with Crippen molar-refractivity contribution >= 4 is 10.9 Å². The number of aromatic nitrogens is 1. The molecule has 0 aliphatic carbocycles. The van der Waals surface area contributed by atoms with Gasteiger partial charge in [0.2, 0.25) is 0 Å². The Balaban J connectivity index is 1.66. The summed E-state index contributed by atoms with van der Waals surface area (Å²) < 4.78 is 0. The van der Waals surface area contributed by atoms with Crippen LogP contribution in [0.1, 0.15) is 49.9 Å². The number of fused-ring (bicyclic) bond motifs is 7. The van der Waals surface area contributed by atoms with Crippen LogP contribution in [-0.2, 0) is 6.42 Å². The van der Waals surface area contributed by atoms with E-state index in [4.69, 9.17) is 0 Å². The Morgan fingerprint density at radius 1 is 1.14 bits per heavy atom. The fourth-order valence-corrected chi connectivity index (χ4v) is 5.38. The molecule has 4 heterocycles. The molecule has 3 atom stereocenters. The van der Waals surface area contributed by atoms with Gasteiger partial charge in [-0.05, 0) is 37.3 Å². The van der Waals surface area contributed by atoms with Crippen LogP contribution in [0, 0.1) is 0 Å². The predicted molar refractivity (Wildman–Crippen MR) is 89.9 cm³/mol. The zero-order chi connectivity index (χ0) is 14.7. The Kier molecular flexibility index (Phi) is 2.89. The summed E-state index contributed by atoms with van der Waals surface area (Å²) in [4.78, 5) is 9.41. The predicted octanol–water partition coefficient (Wildman–Crippen LogP) is 3.67. The average molecular weight is 295 g/mol. The summed E-state index contributed by atoms with van der Waals surface area (Å²) in [5.74, 6) is 0. The first-order chi connectivity index (χ1) is 10.9. The van der Waals surface area contributed by atoms with Crippen LogP contribution in [0.25, 0.3) is 10.9 Å². The molecule has 0 amide bonds. The van der Waals surface area contributed by atoms with E-state index in [9.17, 15) is 0 Å². The molecule has 0 bridgehead atoms. The summed E-state index contributed by atoms with van der Waals surface area (Å²) in [6.45, 7) is 4.89. The molecule has 116 valence electrons. The molecule has 2 aromatic rings. The van der Waals surface area contributed by atoms with Crippen LogP contribution in [0.3, 0.4) is 0 Å². The van der Waals surface area contributed by atoms with Crippen LogP contribution < -0.4 is 0 Å². The fourth-order valence-electron chi connectivity index (χ4n) is 5.38. The van der Waals surface area contributed by atoms with Crippen LogP contribution in [-0.4, -0.2) is 40.1 Å². The van der Waals surface area contributed by atoms with Crippen molar-refractivity contribution in [3.05, 3.63) is 35.5 Å². The molecule has 0 saturated carbocycles. The third-order valence-electron chi connectivity index (χ3n) is 6.21. The van der Waals surface area contributed by atoms with E-state index in [0.717, 1.165) is 6.04 Å². The van der Waals surface area contributed by atoms with E-state index in [1.165, 1.54) is 61.8 Å². The Morgan fingerprint density at radius 2 is 2.05 bits per heavy atom. The summed E-state index contributed by atoms with van der Waals surface area (Å²) in [5, 5.41) is 1.46. The zero-order valence-electron chi connectivity index (χ0n) is 13.4. The lowest BCUT2D eigenvalue weighted by molar-refractivity contribution is 0.0943. The number of H-pyrrole nitrogens is 1. The molecular weight excluding hydrogens is 270 g/mol. The highest BCUT2D eigenvalue weighted by Gasteiger charge is 2.50. The zero-order valence-corrected chi connectivity index (χ0v) is 13.4. The maximum absolute atomic E-state index is 3.80. The molecule has 1 N–H and O–H groups in total. The van der Waals surface area contributed by atoms with Crippen LogP contribution in [0.4, 0.5) is 0 Å². The topological polar surface area (TPSA) is 22.3 Å². The summed E-state index contributed by atoms with van der Waals surface area (Å²) in [7, 11) is 0. The van der Waals surface area contributed by atoms with E-state index in [0.29, 0.717) is 12.2 Å². The van der Waals surface area contributed by atoms with Crippen molar-refractivity contribution < 1.29 is 0 Å². The van der Waals surface area contributed by atoms with E-state index in [1.807, 2.05) is 0 Å². The Hall–Kier alpha value is -1.32. The van der Waals surface area contributed by atoms with Crippen molar-refractivity contribution in [2.24, 2.45) is 0 Å². The molecule has 5 rings (SSSR count). The van der Waals surface area contributed by atoms with Crippen molar-refractivity contribution in [1.82, 2.24) is 14.8 Å². The fraction of sp³-hybridized carbons (Fsp3) is 0.579. The van der Waals surface area contributed by atoms with Gasteiger partial charge in [-0.1, -0.05) is 31.5 Å². The van der Waals surface area contributed by atoms with Gasteiger partial charge in [0.1, 0.15) is 0 Å². The molecule has 0 unspecified atom stereocenters. The van der Waals surface area contributed by atoms with Crippen molar-refractivity contribution in [2.75, 3.05) is 13.1 Å². The van der Waals surface area contributed by atoms with E-state index in [1.54, 1.807) is 5.56 Å². The monoisotopic (exact) mass is 295 g/mol. The van der Waals surface area contributed by atoms with Gasteiger partial charge in [-0.25, -0.2) is 0 Å². The Labute approximate surface area is 132 Å². The van der Waals surface area contributed by atoms with E-state index in [2.05, 4.69) is 46.0 Å². The largest absolute Gasteiger partial charge is 0.357 e. The van der Waals surface area contributed by atoms with Crippen molar-refractivity contribution in [2.45, 2.75) is 57.3 Å². The molecule has 3 aliphatic heterocycles. The molecular formula is C19H25N3. The molecule has 0 radical (unpaired) electrons. The van der Waals surface area contributed by atoms with E-state index < -0.39 is 0 Å². The SMILES string of the molecule is CC[C@@H]1N2CCCC[C@@H]2[C@H]2c3[nH]c4ccccc4c3CCN12. The quantitative estimate of drug-likeness (QED) is 0.867. The van der Waals surface area contributed by atoms with Gasteiger partial charge in [-0.2, -0.15) is 0 Å². The third kappa shape index (κ3) is 1.64. The highest BCUT2D eigenvalue weighted by atomic mass is 15.5. The number of nitrogens with one attached hydrogen (secondary N) is 1. The molecule has 3 aliphatic rings. The summed E-state index contributed by atoms with van der Waals surface area (Å²) >= 11 is 0. The standard InChI is InChI=1S/C19H25N3/c1-2-17-21-11-6-5-9-16(21)19-18-14(10-12-22(17)19)13-7-3-4-8-15(13)20-18/h3-4,7-8,16-17,19-20H,2,5-6,9-12H2,1H3/t16-,17-,19+/m1/s1. The molecule has 1 aromatic heterocycles. The lowest BCUT2D eigenvalue weighted by atomic mass is 9.90. The number of nitrogens with zero attached hydrogens (tertiary/aromatic N) is 2. The van der Waals surface area contributed by atoms with E-state index in [-0.39, 0.29) is 0 Å². The first kappa shape index (κ1) is 13.1. The molecule has 2 fully saturated rings. The highest BCUT2D eigenvalue weighted by molar-refractivity contribution is 5.85. The molecule has 2 saturated heterocycles. The second-order valence-electron chi connectivity index (χ2n) is 7.19. The first-order valence-electron chi connectivity index (χ1n) is 8.99. The number of benzene rings is 1. The highest BCUT2D eigenvalue weighted by Crippen LogP contribution is 2.47. The number of aromatic amines is 1. The average Bonchev–Trinajstić information content (AvgIpc) is 3.09. The minimum absolute atomic E-state index is 0.599. The summed E-state index contributed by atoms with van der Waals surface area (Å²) in [5.41, 5.74) is 4.45. The Bertz CT molecular complexity index is 704. The number of piperidine rings is 1. The van der Waals surface area contributed by atoms with Crippen LogP contribution >= 0.6 is 0 Å². The lowest BCUT2D eigenvalue weighted by Crippen LogP contribution is -2.43. The number of hydrogen-bond donors (Lipinski definition) is 1. The number of rotatable bonds is 1. The maximum Gasteiger partial charge on any atom is 0.0672 e. The van der Waals surface area contributed by atoms with Crippen LogP contribution in [0.2, 0.25) is 0 Å². The first-order valence-corrected chi connectivity index (χ1v) is 8.99. The van der Waals surface area contributed by atoms with Gasteiger partial charge < -0.3 is 4.98 Å². The minimum Gasteiger partial charge on any atom is -0.357 e. The van der Waals surface area contributed by atoms with Gasteiger partial charge >= 0.3 is 0 Å². The number of para-hydroxylation sites is 1. The van der Waals surface area contributed by atoms with Crippen LogP contribution in [0.5, 0.6) is 0 Å². The van der Waals surface area contributed by atoms with Gasteiger partial charge in [-0.3, -0.25) is 9.80 Å². The minimum atomic E-state index is 0.599. The lowest BCUT2D eigenvalue weighted by Gasteiger charge is -2.34. The van der Waals surface area contributed by atoms with Crippen molar-refractivity contribution in [3.8, 4) is 0 Å². The number of hydrogen-bond acceptors (Lipinski definition) is 2. The van der Waals surface area contributed by atoms with Crippen molar-refractivity contribution in [3.63, 3.8) is 0 Å². The van der Waals surface area contributed by atoms with Gasteiger partial charge in [0.05, 0.1) is 12.2 Å². The molecule has 3 heteroatoms. The van der Waals surface area contributed by atoms with Gasteiger partial charge in [-0.15, -0.1) is 0 Å². The normalized spacial score (nSPS) is 32.0. The summed E-state index contributed by atoms with van der Waals surface area (Å²) in [6.07, 6.45) is 7.27.